The summed E-state index contributed by atoms with van der Waals surface area (Å²) in [7, 11) is -2.74. The van der Waals surface area contributed by atoms with Crippen LogP contribution in [0.3, 0.4) is 0 Å². The van der Waals surface area contributed by atoms with Crippen molar-refractivity contribution in [2.75, 3.05) is 11.5 Å². The number of rotatable bonds is 6. The second-order valence-electron chi connectivity index (χ2n) is 9.19. The summed E-state index contributed by atoms with van der Waals surface area (Å²) >= 11 is 6.48. The predicted octanol–water partition coefficient (Wildman–Crippen LogP) is 5.27. The lowest BCUT2D eigenvalue weighted by Gasteiger charge is -2.30. The zero-order valence-electron chi connectivity index (χ0n) is 19.3. The van der Waals surface area contributed by atoms with E-state index in [1.807, 2.05) is 0 Å². The van der Waals surface area contributed by atoms with Crippen LogP contribution in [0.15, 0.2) is 41.2 Å². The molecule has 0 bridgehead atoms. The van der Waals surface area contributed by atoms with Crippen LogP contribution in [0.1, 0.15) is 43.6 Å². The third kappa shape index (κ3) is 5.04. The molecular formula is C23H26ClF2N3O5S. The Morgan fingerprint density at radius 1 is 1.23 bits per heavy atom. The Bertz CT molecular complexity index is 1360. The number of aromatic nitrogens is 2. The summed E-state index contributed by atoms with van der Waals surface area (Å²) < 4.78 is 52.7. The molecule has 2 heterocycles. The Kier molecular flexibility index (Phi) is 6.64. The topological polar surface area (TPSA) is 106 Å². The van der Waals surface area contributed by atoms with E-state index < -0.39 is 34.3 Å². The Labute approximate surface area is 206 Å². The number of nitrogens with one attached hydrogen (secondary N) is 1. The molecule has 1 aliphatic heterocycles. The predicted molar refractivity (Wildman–Crippen MR) is 133 cm³/mol. The maximum atomic E-state index is 13.4. The van der Waals surface area contributed by atoms with Crippen LogP contribution >= 0.6 is 22.2 Å². The van der Waals surface area contributed by atoms with Gasteiger partial charge in [-0.3, -0.25) is 23.0 Å². The first kappa shape index (κ1) is 25.5. The smallest absolute Gasteiger partial charge is 0.387 e. The molecule has 1 aliphatic rings. The zero-order valence-corrected chi connectivity index (χ0v) is 20.9. The minimum absolute atomic E-state index is 0.0513. The van der Waals surface area contributed by atoms with Gasteiger partial charge >= 0.3 is 12.3 Å². The van der Waals surface area contributed by atoms with Crippen molar-refractivity contribution >= 4 is 39.1 Å². The number of hydrogen-bond donors (Lipinski definition) is 3. The highest BCUT2D eigenvalue weighted by Gasteiger charge is 2.40. The number of carbonyl (C=O) groups is 1. The number of fused-ring (bicyclic) bond motifs is 1. The summed E-state index contributed by atoms with van der Waals surface area (Å²) in [4.78, 5) is 26.5. The highest BCUT2D eigenvalue weighted by atomic mass is 35.5. The third-order valence-electron chi connectivity index (χ3n) is 5.97. The largest absolute Gasteiger partial charge is 0.435 e. The molecule has 8 nitrogen and oxygen atoms in total. The molecular weight excluding hydrogens is 504 g/mol. The lowest BCUT2D eigenvalue weighted by Crippen LogP contribution is -2.46. The first-order chi connectivity index (χ1) is 16.3. The Hall–Kier alpha value is -2.60. The molecule has 12 heteroatoms. The van der Waals surface area contributed by atoms with Gasteiger partial charge in [0.15, 0.2) is 0 Å². The Morgan fingerprint density at radius 3 is 2.54 bits per heavy atom. The molecule has 1 amide bonds. The average molecular weight is 530 g/mol. The van der Waals surface area contributed by atoms with E-state index in [0.29, 0.717) is 23.1 Å². The fourth-order valence-electron chi connectivity index (χ4n) is 4.44. The summed E-state index contributed by atoms with van der Waals surface area (Å²) in [5.41, 5.74) is 0.0126. The summed E-state index contributed by atoms with van der Waals surface area (Å²) in [5, 5.41) is 2.94. The minimum atomic E-state index is -3.01. The Morgan fingerprint density at radius 2 is 1.94 bits per heavy atom. The molecule has 3 aromatic rings. The van der Waals surface area contributed by atoms with Crippen molar-refractivity contribution in [3.63, 3.8) is 0 Å². The van der Waals surface area contributed by atoms with E-state index in [4.69, 9.17) is 11.6 Å². The van der Waals surface area contributed by atoms with Crippen molar-refractivity contribution in [2.24, 2.45) is 0 Å². The van der Waals surface area contributed by atoms with Gasteiger partial charge in [-0.05, 0) is 51.5 Å². The molecule has 2 aromatic carbocycles. The van der Waals surface area contributed by atoms with E-state index in [0.717, 1.165) is 0 Å². The van der Waals surface area contributed by atoms with Crippen molar-refractivity contribution in [1.29, 1.82) is 0 Å². The second kappa shape index (κ2) is 9.12. The zero-order chi connectivity index (χ0) is 25.7. The summed E-state index contributed by atoms with van der Waals surface area (Å²) in [6.07, 6.45) is 0.408. The number of alkyl halides is 2. The molecule has 1 unspecified atom stereocenters. The second-order valence-corrected chi connectivity index (χ2v) is 11.9. The van der Waals surface area contributed by atoms with Crippen molar-refractivity contribution < 1.29 is 27.4 Å². The summed E-state index contributed by atoms with van der Waals surface area (Å²) in [6, 6.07) is 8.47. The quantitative estimate of drug-likeness (QED) is 0.403. The highest BCUT2D eigenvalue weighted by molar-refractivity contribution is 8.24. The maximum Gasteiger partial charge on any atom is 0.387 e. The van der Waals surface area contributed by atoms with Crippen molar-refractivity contribution in [2.45, 2.75) is 45.4 Å². The Balaban J connectivity index is 1.82. The normalized spacial score (nSPS) is 20.5. The molecule has 1 atom stereocenters. The van der Waals surface area contributed by atoms with Gasteiger partial charge in [0.05, 0.1) is 38.6 Å². The van der Waals surface area contributed by atoms with Gasteiger partial charge in [0.1, 0.15) is 5.75 Å². The van der Waals surface area contributed by atoms with Crippen LogP contribution in [0.2, 0.25) is 5.02 Å². The summed E-state index contributed by atoms with van der Waals surface area (Å²) in [6.45, 7) is 2.34. The molecule has 1 aromatic heterocycles. The van der Waals surface area contributed by atoms with E-state index >= 15 is 0 Å². The first-order valence-electron chi connectivity index (χ1n) is 10.9. The molecule has 0 spiro atoms. The minimum Gasteiger partial charge on any atom is -0.435 e. The van der Waals surface area contributed by atoms with E-state index in [9.17, 15) is 27.5 Å². The number of benzene rings is 2. The van der Waals surface area contributed by atoms with Crippen molar-refractivity contribution in [3.8, 4) is 11.4 Å². The van der Waals surface area contributed by atoms with Crippen LogP contribution in [0.4, 0.5) is 8.78 Å². The van der Waals surface area contributed by atoms with Gasteiger partial charge in [-0.15, -0.1) is 0 Å². The van der Waals surface area contributed by atoms with Gasteiger partial charge < -0.3 is 10.1 Å². The molecule has 0 saturated carbocycles. The molecule has 4 rings (SSSR count). The molecule has 3 N–H and O–H groups in total. The standard InChI is InChI=1S/C23H26ClF2N3O5S/c1-13(2)28-18-10-16(20(30)27-23(3)7-8-35(32,33)12-23)17(24)11-19(18)29(22(28)31)14-5-4-6-15(9-14)34-21(25)26/h4-6,9-11,13,21,32-33H,7-8,12H2,1-3H3,(H,27,30). The van der Waals surface area contributed by atoms with Gasteiger partial charge in [0.2, 0.25) is 0 Å². The molecule has 1 fully saturated rings. The van der Waals surface area contributed by atoms with Gasteiger partial charge in [0.25, 0.3) is 5.91 Å². The number of nitrogens with zero attached hydrogens (tertiary/aromatic N) is 2. The van der Waals surface area contributed by atoms with Crippen molar-refractivity contribution in [1.82, 2.24) is 14.5 Å². The SMILES string of the molecule is CC(C)n1c(=O)n(-c2cccc(OC(F)F)c2)c2cc(Cl)c(C(=O)NC3(C)CCS(O)(O)C3)cc21. The molecule has 1 saturated heterocycles. The monoisotopic (exact) mass is 529 g/mol. The molecule has 35 heavy (non-hydrogen) atoms. The molecule has 0 aliphatic carbocycles. The summed E-state index contributed by atoms with van der Waals surface area (Å²) in [5.74, 6) is -0.344. The number of amides is 1. The van der Waals surface area contributed by atoms with E-state index in [1.165, 1.54) is 39.5 Å². The third-order valence-corrected chi connectivity index (χ3v) is 8.24. The van der Waals surface area contributed by atoms with E-state index in [-0.39, 0.29) is 33.9 Å². The van der Waals surface area contributed by atoms with Crippen molar-refractivity contribution in [3.05, 3.63) is 57.5 Å². The number of ether oxygens (including phenoxy) is 1. The van der Waals surface area contributed by atoms with Crippen LogP contribution in [0.5, 0.6) is 5.75 Å². The fraction of sp³-hybridized carbons (Fsp3) is 0.391. The lowest BCUT2D eigenvalue weighted by molar-refractivity contribution is -0.0498. The number of carbonyl (C=O) groups excluding carboxylic acids is 1. The maximum absolute atomic E-state index is 13.4. The van der Waals surface area contributed by atoms with Crippen LogP contribution in [0, 0.1) is 0 Å². The van der Waals surface area contributed by atoms with Gasteiger partial charge in [-0.1, -0.05) is 17.7 Å². The van der Waals surface area contributed by atoms with Crippen LogP contribution in [-0.4, -0.2) is 47.8 Å². The lowest BCUT2D eigenvalue weighted by atomic mass is 10.0. The van der Waals surface area contributed by atoms with Crippen LogP contribution in [-0.2, 0) is 0 Å². The number of hydrogen-bond acceptors (Lipinski definition) is 5. The first-order valence-corrected chi connectivity index (χ1v) is 13.1. The number of halogens is 3. The van der Waals surface area contributed by atoms with E-state index in [1.54, 1.807) is 26.8 Å². The molecule has 0 radical (unpaired) electrons. The average Bonchev–Trinajstić information content (AvgIpc) is 3.17. The van der Waals surface area contributed by atoms with E-state index in [2.05, 4.69) is 10.1 Å². The molecule has 190 valence electrons. The fourth-order valence-corrected chi connectivity index (χ4v) is 6.84. The van der Waals surface area contributed by atoms with Gasteiger partial charge in [0, 0.05) is 17.9 Å². The van der Waals surface area contributed by atoms with Gasteiger partial charge in [-0.2, -0.15) is 19.4 Å². The van der Waals surface area contributed by atoms with Crippen LogP contribution in [0.25, 0.3) is 16.7 Å². The highest BCUT2D eigenvalue weighted by Crippen LogP contribution is 2.50. The number of imidazole rings is 1. The van der Waals surface area contributed by atoms with Crippen LogP contribution < -0.4 is 15.7 Å². The van der Waals surface area contributed by atoms with Gasteiger partial charge in [-0.25, -0.2) is 4.79 Å².